The number of benzene rings is 1. The molecule has 0 radical (unpaired) electrons. The summed E-state index contributed by atoms with van der Waals surface area (Å²) in [6.07, 6.45) is 1.08. The highest BCUT2D eigenvalue weighted by Gasteiger charge is 2.21. The van der Waals surface area contributed by atoms with Gasteiger partial charge in [-0.1, -0.05) is 11.6 Å². The summed E-state index contributed by atoms with van der Waals surface area (Å²) in [7, 11) is 0. The third-order valence-corrected chi connectivity index (χ3v) is 3.47. The summed E-state index contributed by atoms with van der Waals surface area (Å²) in [6, 6.07) is 7.83. The molecule has 2 aromatic rings. The largest absolute Gasteiger partial charge is 0.311 e. The van der Waals surface area contributed by atoms with E-state index in [1.54, 1.807) is 0 Å². The van der Waals surface area contributed by atoms with E-state index in [1.807, 2.05) is 28.9 Å². The first-order chi connectivity index (χ1) is 8.24. The number of hydrogen-bond acceptors (Lipinski definition) is 3. The van der Waals surface area contributed by atoms with Crippen LogP contribution in [0.3, 0.4) is 0 Å². The van der Waals surface area contributed by atoms with Gasteiger partial charge in [-0.25, -0.2) is 4.68 Å². The first-order valence-corrected chi connectivity index (χ1v) is 6.83. The number of anilines is 2. The molecule has 4 nitrogen and oxygen atoms in total. The van der Waals surface area contributed by atoms with Crippen molar-refractivity contribution in [3.8, 4) is 0 Å². The Labute approximate surface area is 118 Å². The number of hydrogen-bond donors (Lipinski definition) is 0. The topological polar surface area (TPSA) is 34.0 Å². The van der Waals surface area contributed by atoms with Crippen LogP contribution in [0.15, 0.2) is 24.3 Å². The van der Waals surface area contributed by atoms with Gasteiger partial charge in [-0.3, -0.25) is 0 Å². The van der Waals surface area contributed by atoms with Crippen LogP contribution in [0.2, 0.25) is 5.02 Å². The number of rotatable bonds is 1. The van der Waals surface area contributed by atoms with E-state index in [9.17, 15) is 0 Å². The fraction of sp³-hybridized carbons (Fsp3) is 0.273. The zero-order chi connectivity index (χ0) is 11.8. The summed E-state index contributed by atoms with van der Waals surface area (Å²) in [5.41, 5.74) is 1.11. The van der Waals surface area contributed by atoms with Crippen molar-refractivity contribution in [3.63, 3.8) is 0 Å². The molecule has 1 aliphatic rings. The third kappa shape index (κ3) is 2.13. The smallest absolute Gasteiger partial charge is 0.229 e. The van der Waals surface area contributed by atoms with Crippen molar-refractivity contribution in [2.45, 2.75) is 13.0 Å². The molecule has 1 aliphatic heterocycles. The zero-order valence-electron chi connectivity index (χ0n) is 8.98. The van der Waals surface area contributed by atoms with Crippen LogP contribution < -0.4 is 4.90 Å². The predicted molar refractivity (Wildman–Crippen MR) is 75.8 cm³/mol. The van der Waals surface area contributed by atoms with E-state index in [4.69, 9.17) is 11.6 Å². The van der Waals surface area contributed by atoms with E-state index in [1.165, 1.54) is 0 Å². The third-order valence-electron chi connectivity index (χ3n) is 2.76. The van der Waals surface area contributed by atoms with Crippen molar-refractivity contribution in [2.75, 3.05) is 11.4 Å². The molecule has 3 rings (SSSR count). The maximum Gasteiger partial charge on any atom is 0.229 e. The predicted octanol–water partition coefficient (Wildman–Crippen LogP) is 3.08. The van der Waals surface area contributed by atoms with E-state index >= 15 is 0 Å². The Balaban J connectivity index is 2.02. The molecular weight excluding hydrogens is 351 g/mol. The Morgan fingerprint density at radius 2 is 1.94 bits per heavy atom. The molecule has 0 atom stereocenters. The summed E-state index contributed by atoms with van der Waals surface area (Å²) >= 11 is 8.05. The molecule has 6 heteroatoms. The van der Waals surface area contributed by atoms with E-state index in [-0.39, 0.29) is 0 Å². The highest BCUT2D eigenvalue weighted by molar-refractivity contribution is 14.1. The Bertz CT molecular complexity index is 537. The minimum atomic E-state index is 0.752. The van der Waals surface area contributed by atoms with Crippen LogP contribution in [0.1, 0.15) is 6.42 Å². The lowest BCUT2D eigenvalue weighted by atomic mass is 10.2. The molecule has 0 N–H and O–H groups in total. The second-order valence-electron chi connectivity index (χ2n) is 3.89. The molecule has 0 bridgehead atoms. The molecule has 17 heavy (non-hydrogen) atoms. The summed E-state index contributed by atoms with van der Waals surface area (Å²) in [4.78, 5) is 6.64. The maximum atomic E-state index is 5.90. The van der Waals surface area contributed by atoms with Gasteiger partial charge < -0.3 is 4.90 Å². The van der Waals surface area contributed by atoms with E-state index in [0.717, 1.165) is 40.0 Å². The molecule has 1 aromatic heterocycles. The van der Waals surface area contributed by atoms with Crippen LogP contribution in [0, 0.1) is 3.83 Å². The fourth-order valence-electron chi connectivity index (χ4n) is 2.00. The van der Waals surface area contributed by atoms with Gasteiger partial charge >= 0.3 is 0 Å². The standard InChI is InChI=1S/C11H10ClIN4/c12-8-2-4-9(5-3-8)16-6-1-7-17-11(16)14-10(13)15-17/h2-5H,1,6-7H2. The van der Waals surface area contributed by atoms with Crippen molar-refractivity contribution >= 4 is 45.8 Å². The molecule has 0 spiro atoms. The summed E-state index contributed by atoms with van der Waals surface area (Å²) in [5.74, 6) is 0.919. The van der Waals surface area contributed by atoms with Crippen LogP contribution in [-0.4, -0.2) is 21.3 Å². The van der Waals surface area contributed by atoms with E-state index < -0.39 is 0 Å². The Kier molecular flexibility index (Phi) is 2.96. The van der Waals surface area contributed by atoms with Gasteiger partial charge in [0.05, 0.1) is 0 Å². The summed E-state index contributed by atoms with van der Waals surface area (Å²) in [5, 5.41) is 5.12. The molecule has 0 unspecified atom stereocenters. The maximum absolute atomic E-state index is 5.90. The van der Waals surface area contributed by atoms with E-state index in [2.05, 4.69) is 37.6 Å². The lowest BCUT2D eigenvalue weighted by Crippen LogP contribution is -2.28. The number of aromatic nitrogens is 3. The Morgan fingerprint density at radius 1 is 1.18 bits per heavy atom. The number of fused-ring (bicyclic) bond motifs is 1. The minimum absolute atomic E-state index is 0.752. The highest BCUT2D eigenvalue weighted by Crippen LogP contribution is 2.28. The highest BCUT2D eigenvalue weighted by atomic mass is 127. The number of nitrogens with zero attached hydrogens (tertiary/aromatic N) is 4. The molecule has 0 amide bonds. The van der Waals surface area contributed by atoms with Crippen LogP contribution in [0.4, 0.5) is 11.6 Å². The molecule has 0 fully saturated rings. The van der Waals surface area contributed by atoms with Crippen molar-refractivity contribution in [1.82, 2.24) is 14.8 Å². The first-order valence-electron chi connectivity index (χ1n) is 5.37. The number of aryl methyl sites for hydroxylation is 1. The van der Waals surface area contributed by atoms with Crippen LogP contribution in [0.5, 0.6) is 0 Å². The summed E-state index contributed by atoms with van der Waals surface area (Å²) in [6.45, 7) is 1.91. The lowest BCUT2D eigenvalue weighted by Gasteiger charge is -2.27. The molecule has 2 heterocycles. The normalized spacial score (nSPS) is 14.8. The first kappa shape index (κ1) is 11.3. The minimum Gasteiger partial charge on any atom is -0.311 e. The molecule has 0 saturated carbocycles. The molecule has 0 aliphatic carbocycles. The van der Waals surface area contributed by atoms with Gasteiger partial charge in [0.2, 0.25) is 9.78 Å². The van der Waals surface area contributed by atoms with Gasteiger partial charge in [-0.05, 0) is 30.7 Å². The monoisotopic (exact) mass is 360 g/mol. The lowest BCUT2D eigenvalue weighted by molar-refractivity contribution is 0.537. The van der Waals surface area contributed by atoms with Gasteiger partial charge in [0, 0.05) is 46.4 Å². The van der Waals surface area contributed by atoms with Crippen molar-refractivity contribution < 1.29 is 0 Å². The molecule has 1 aromatic carbocycles. The second kappa shape index (κ2) is 4.45. The Morgan fingerprint density at radius 3 is 2.71 bits per heavy atom. The fourth-order valence-corrected chi connectivity index (χ4v) is 2.60. The average Bonchev–Trinajstić information content (AvgIpc) is 2.70. The number of halogens is 2. The van der Waals surface area contributed by atoms with Crippen molar-refractivity contribution in [1.29, 1.82) is 0 Å². The van der Waals surface area contributed by atoms with Gasteiger partial charge in [-0.15, -0.1) is 5.10 Å². The SMILES string of the molecule is Clc1ccc(N2CCCn3nc(I)nc32)cc1. The molecule has 0 saturated heterocycles. The second-order valence-corrected chi connectivity index (χ2v) is 5.29. The van der Waals surface area contributed by atoms with Crippen molar-refractivity contribution in [2.24, 2.45) is 0 Å². The quantitative estimate of drug-likeness (QED) is 0.733. The van der Waals surface area contributed by atoms with Gasteiger partial charge in [0.25, 0.3) is 0 Å². The summed E-state index contributed by atoms with van der Waals surface area (Å²) < 4.78 is 2.75. The average molecular weight is 361 g/mol. The Hall–Kier alpha value is -0.820. The van der Waals surface area contributed by atoms with Gasteiger partial charge in [-0.2, -0.15) is 4.98 Å². The van der Waals surface area contributed by atoms with Crippen LogP contribution >= 0.6 is 34.2 Å². The van der Waals surface area contributed by atoms with E-state index in [0.29, 0.717) is 0 Å². The van der Waals surface area contributed by atoms with Crippen molar-refractivity contribution in [3.05, 3.63) is 33.1 Å². The van der Waals surface area contributed by atoms with Crippen LogP contribution in [0.25, 0.3) is 0 Å². The molecule has 88 valence electrons. The molecular formula is C11H10ClIN4. The van der Waals surface area contributed by atoms with Crippen LogP contribution in [-0.2, 0) is 6.54 Å². The van der Waals surface area contributed by atoms with Gasteiger partial charge in [0.1, 0.15) is 0 Å². The zero-order valence-corrected chi connectivity index (χ0v) is 11.9. The van der Waals surface area contributed by atoms with Gasteiger partial charge in [0.15, 0.2) is 0 Å².